The van der Waals surface area contributed by atoms with E-state index in [1.165, 1.54) is 5.32 Å². The average Bonchev–Trinajstić information content (AvgIpc) is 2.90. The van der Waals surface area contributed by atoms with Crippen molar-refractivity contribution in [3.05, 3.63) is 58.2 Å². The highest BCUT2D eigenvalue weighted by Crippen LogP contribution is 2.26. The maximum absolute atomic E-state index is 14.7. The minimum Gasteiger partial charge on any atom is -0.338 e. The number of hydrogen-bond donors (Lipinski definition) is 2. The number of anilines is 1. The minimum atomic E-state index is -4.80. The fraction of sp³-hybridized carbons (Fsp3) is 0.263. The highest BCUT2D eigenvalue weighted by molar-refractivity contribution is 6.43. The van der Waals surface area contributed by atoms with Gasteiger partial charge in [0.25, 0.3) is 17.6 Å². The molecule has 2 amide bonds. The molecule has 1 aromatic heterocycles. The Labute approximate surface area is 172 Å². The topological polar surface area (TPSA) is 84.6 Å². The van der Waals surface area contributed by atoms with Crippen molar-refractivity contribution in [2.45, 2.75) is 26.1 Å². The third-order valence-electron chi connectivity index (χ3n) is 4.38. The first-order valence-electron chi connectivity index (χ1n) is 8.54. The molecule has 7 nitrogen and oxygen atoms in total. The molecule has 0 aliphatic rings. The normalized spacial score (nSPS) is 12.1. The number of ketones is 1. The molecule has 164 valence electrons. The van der Waals surface area contributed by atoms with Crippen molar-refractivity contribution in [1.29, 1.82) is 0 Å². The van der Waals surface area contributed by atoms with Crippen LogP contribution in [-0.2, 0) is 11.8 Å². The van der Waals surface area contributed by atoms with Crippen LogP contribution >= 0.6 is 0 Å². The molecule has 0 fully saturated rings. The van der Waals surface area contributed by atoms with Gasteiger partial charge in [-0.25, -0.2) is 9.24 Å². The molecule has 2 aromatic rings. The Kier molecular flexibility index (Phi) is 6.49. The van der Waals surface area contributed by atoms with Crippen LogP contribution in [0, 0.1) is 25.3 Å². The number of nitrogens with zero attached hydrogens (tertiary/aromatic N) is 2. The standard InChI is InChI=1S/C19H15F5N4O3/c1-8-13(17(30)27-10-5-6-11(20)12(7-10)25-3)16(21)28(4)14(8)15(29)18(31)26-9(2)19(22,23)24/h5-7,9H,1-2,4H3,(H,26,31)(H,27,30)/t9-/m0/s1. The van der Waals surface area contributed by atoms with Crippen LogP contribution in [0.5, 0.6) is 0 Å². The van der Waals surface area contributed by atoms with E-state index in [0.717, 1.165) is 32.2 Å². The van der Waals surface area contributed by atoms with E-state index in [1.807, 2.05) is 0 Å². The number of nitrogens with one attached hydrogen (secondary N) is 2. The van der Waals surface area contributed by atoms with Crippen molar-refractivity contribution in [2.24, 2.45) is 7.05 Å². The van der Waals surface area contributed by atoms with Gasteiger partial charge in [-0.1, -0.05) is 0 Å². The van der Waals surface area contributed by atoms with Crippen LogP contribution < -0.4 is 10.6 Å². The molecule has 0 saturated carbocycles. The first-order chi connectivity index (χ1) is 14.3. The second kappa shape index (κ2) is 8.55. The highest BCUT2D eigenvalue weighted by Gasteiger charge is 2.39. The summed E-state index contributed by atoms with van der Waals surface area (Å²) in [7, 11) is 1.02. The fourth-order valence-corrected chi connectivity index (χ4v) is 2.70. The molecule has 1 aromatic carbocycles. The number of amides is 2. The lowest BCUT2D eigenvalue weighted by Gasteiger charge is -2.16. The summed E-state index contributed by atoms with van der Waals surface area (Å²) in [4.78, 5) is 39.7. The third kappa shape index (κ3) is 4.71. The Morgan fingerprint density at radius 2 is 1.81 bits per heavy atom. The van der Waals surface area contributed by atoms with Crippen molar-refractivity contribution >= 4 is 29.0 Å². The van der Waals surface area contributed by atoms with Crippen LogP contribution in [0.3, 0.4) is 0 Å². The number of rotatable bonds is 5. The molecule has 1 atom stereocenters. The summed E-state index contributed by atoms with van der Waals surface area (Å²) >= 11 is 0. The molecule has 12 heteroatoms. The molecule has 1 heterocycles. The molecule has 0 aliphatic heterocycles. The van der Waals surface area contributed by atoms with Gasteiger partial charge >= 0.3 is 6.18 Å². The Hall–Kier alpha value is -3.75. The van der Waals surface area contributed by atoms with Crippen molar-refractivity contribution in [1.82, 2.24) is 9.88 Å². The van der Waals surface area contributed by atoms with E-state index < -0.39 is 58.5 Å². The first-order valence-corrected chi connectivity index (χ1v) is 8.54. The summed E-state index contributed by atoms with van der Waals surface area (Å²) < 4.78 is 66.5. The van der Waals surface area contributed by atoms with E-state index in [9.17, 15) is 36.3 Å². The summed E-state index contributed by atoms with van der Waals surface area (Å²) in [5.41, 5.74) is -1.98. The molecule has 0 radical (unpaired) electrons. The maximum atomic E-state index is 14.7. The van der Waals surface area contributed by atoms with Crippen molar-refractivity contribution in [2.75, 3.05) is 5.32 Å². The summed E-state index contributed by atoms with van der Waals surface area (Å²) in [6.45, 7) is 8.63. The SMILES string of the molecule is [C-]#[N+]c1cc(NC(=O)c2c(C)c(C(=O)C(=O)N[C@@H](C)C(F)(F)F)n(C)c2F)ccc1F. The van der Waals surface area contributed by atoms with Gasteiger partial charge in [0, 0.05) is 12.7 Å². The molecule has 0 saturated heterocycles. The fourth-order valence-electron chi connectivity index (χ4n) is 2.70. The quantitative estimate of drug-likeness (QED) is 0.321. The van der Waals surface area contributed by atoms with Crippen LogP contribution in [-0.4, -0.2) is 34.4 Å². The Bertz CT molecular complexity index is 1120. The van der Waals surface area contributed by atoms with E-state index in [4.69, 9.17) is 6.57 Å². The predicted octanol–water partition coefficient (Wildman–Crippen LogP) is 3.66. The lowest BCUT2D eigenvalue weighted by atomic mass is 10.1. The van der Waals surface area contributed by atoms with Crippen LogP contribution in [0.1, 0.15) is 33.3 Å². The van der Waals surface area contributed by atoms with E-state index in [2.05, 4.69) is 10.2 Å². The molecule has 0 aliphatic carbocycles. The maximum Gasteiger partial charge on any atom is 0.408 e. The zero-order valence-electron chi connectivity index (χ0n) is 16.3. The highest BCUT2D eigenvalue weighted by atomic mass is 19.4. The summed E-state index contributed by atoms with van der Waals surface area (Å²) in [5.74, 6) is -6.22. The summed E-state index contributed by atoms with van der Waals surface area (Å²) in [6, 6.07) is 0.718. The van der Waals surface area contributed by atoms with Crippen LogP contribution in [0.2, 0.25) is 0 Å². The molecule has 0 unspecified atom stereocenters. The van der Waals surface area contributed by atoms with Gasteiger partial charge in [-0.15, -0.1) is 0 Å². The van der Waals surface area contributed by atoms with Gasteiger partial charge in [-0.3, -0.25) is 14.4 Å². The lowest BCUT2D eigenvalue weighted by molar-refractivity contribution is -0.156. The van der Waals surface area contributed by atoms with Gasteiger partial charge in [0.05, 0.1) is 12.1 Å². The lowest BCUT2D eigenvalue weighted by Crippen LogP contribution is -2.46. The number of halogens is 5. The number of benzene rings is 1. The van der Waals surface area contributed by atoms with Gasteiger partial charge in [0.15, 0.2) is 0 Å². The van der Waals surface area contributed by atoms with Gasteiger partial charge in [-0.05, 0) is 37.6 Å². The number of carbonyl (C=O) groups excluding carboxylic acids is 3. The second-order valence-electron chi connectivity index (χ2n) is 6.50. The number of Topliss-reactive ketones (excluding diaryl/α,β-unsaturated/α-hetero) is 1. The Balaban J connectivity index is 2.35. The van der Waals surface area contributed by atoms with E-state index >= 15 is 0 Å². The van der Waals surface area contributed by atoms with Crippen molar-refractivity contribution < 1.29 is 36.3 Å². The third-order valence-corrected chi connectivity index (χ3v) is 4.38. The van der Waals surface area contributed by atoms with Crippen LogP contribution in [0.25, 0.3) is 4.85 Å². The average molecular weight is 442 g/mol. The number of aromatic nitrogens is 1. The predicted molar refractivity (Wildman–Crippen MR) is 98.7 cm³/mol. The van der Waals surface area contributed by atoms with E-state index in [0.29, 0.717) is 11.5 Å². The molecule has 31 heavy (non-hydrogen) atoms. The van der Waals surface area contributed by atoms with Gasteiger partial charge in [0.1, 0.15) is 17.6 Å². The van der Waals surface area contributed by atoms with Gasteiger partial charge in [-0.2, -0.15) is 17.6 Å². The molecule has 2 N–H and O–H groups in total. The van der Waals surface area contributed by atoms with Crippen LogP contribution in [0.4, 0.5) is 33.3 Å². The summed E-state index contributed by atoms with van der Waals surface area (Å²) in [5, 5.41) is 3.71. The second-order valence-corrected chi connectivity index (χ2v) is 6.50. The minimum absolute atomic E-state index is 0.0373. The largest absolute Gasteiger partial charge is 0.408 e. The monoisotopic (exact) mass is 442 g/mol. The molecular weight excluding hydrogens is 427 g/mol. The van der Waals surface area contributed by atoms with Crippen molar-refractivity contribution in [3.63, 3.8) is 0 Å². The molecule has 2 rings (SSSR count). The number of alkyl halides is 3. The zero-order valence-corrected chi connectivity index (χ0v) is 16.3. The van der Waals surface area contributed by atoms with Gasteiger partial charge < -0.3 is 15.2 Å². The zero-order chi connectivity index (χ0) is 23.7. The Morgan fingerprint density at radius 3 is 2.35 bits per heavy atom. The molecular formula is C19H15F5N4O3. The smallest absolute Gasteiger partial charge is 0.338 e. The first kappa shape index (κ1) is 23.5. The van der Waals surface area contributed by atoms with Crippen molar-refractivity contribution in [3.8, 4) is 0 Å². The van der Waals surface area contributed by atoms with Gasteiger partial charge in [0.2, 0.25) is 11.6 Å². The Morgan fingerprint density at radius 1 is 1.19 bits per heavy atom. The number of hydrogen-bond acceptors (Lipinski definition) is 3. The molecule has 0 spiro atoms. The molecule has 0 bridgehead atoms. The number of carbonyl (C=O) groups is 3. The van der Waals surface area contributed by atoms with Crippen LogP contribution in [0.15, 0.2) is 18.2 Å². The van der Waals surface area contributed by atoms with E-state index in [1.54, 1.807) is 0 Å². The summed E-state index contributed by atoms with van der Waals surface area (Å²) in [6.07, 6.45) is -4.80. The van der Waals surface area contributed by atoms with E-state index in [-0.39, 0.29) is 11.3 Å².